The third-order valence-electron chi connectivity index (χ3n) is 2.14. The lowest BCUT2D eigenvalue weighted by Gasteiger charge is -2.25. The van der Waals surface area contributed by atoms with Gasteiger partial charge in [-0.15, -0.1) is 0 Å². The highest BCUT2D eigenvalue weighted by molar-refractivity contribution is 5.75. The smallest absolute Gasteiger partial charge is 0.189 e. The van der Waals surface area contributed by atoms with Crippen molar-refractivity contribution in [1.29, 1.82) is 0 Å². The number of hydrogen-bond acceptors (Lipinski definition) is 4. The van der Waals surface area contributed by atoms with Gasteiger partial charge >= 0.3 is 0 Å². The molecule has 0 rings (SSSR count). The molecule has 0 saturated heterocycles. The van der Waals surface area contributed by atoms with Gasteiger partial charge in [0.15, 0.2) is 6.29 Å². The molecule has 0 aromatic rings. The van der Waals surface area contributed by atoms with Crippen LogP contribution >= 0.6 is 0 Å². The van der Waals surface area contributed by atoms with Crippen LogP contribution in [-0.4, -0.2) is 22.8 Å². The Morgan fingerprint density at radius 3 is 2.40 bits per heavy atom. The molecule has 88 valence electrons. The molecule has 0 fully saturated rings. The van der Waals surface area contributed by atoms with Crippen molar-refractivity contribution in [2.75, 3.05) is 0 Å². The predicted molar refractivity (Wildman–Crippen MR) is 57.0 cm³/mol. The number of ketones is 1. The Kier molecular flexibility index (Phi) is 5.72. The summed E-state index contributed by atoms with van der Waals surface area (Å²) in [6.07, 6.45) is -0.563. The molecule has 4 nitrogen and oxygen atoms in total. The van der Waals surface area contributed by atoms with Crippen molar-refractivity contribution in [3.05, 3.63) is 12.2 Å². The lowest BCUT2D eigenvalue weighted by molar-refractivity contribution is -0.405. The molecule has 1 unspecified atom stereocenters. The monoisotopic (exact) mass is 216 g/mol. The molecular weight excluding hydrogens is 196 g/mol. The number of Topliss-reactive ketones (excluding diaryl/α,β-unsaturated/α-hetero) is 1. The maximum atomic E-state index is 10.6. The minimum absolute atomic E-state index is 0.0109. The highest BCUT2D eigenvalue weighted by Gasteiger charge is 2.22. The van der Waals surface area contributed by atoms with Crippen LogP contribution in [0.2, 0.25) is 0 Å². The molecule has 0 aliphatic rings. The van der Waals surface area contributed by atoms with Crippen LogP contribution in [0.3, 0.4) is 0 Å². The van der Waals surface area contributed by atoms with Crippen molar-refractivity contribution in [2.45, 2.75) is 52.4 Å². The van der Waals surface area contributed by atoms with Crippen LogP contribution < -0.4 is 0 Å². The van der Waals surface area contributed by atoms with Gasteiger partial charge in [-0.05, 0) is 33.3 Å². The second kappa shape index (κ2) is 6.00. The van der Waals surface area contributed by atoms with E-state index in [1.54, 1.807) is 13.8 Å². The van der Waals surface area contributed by atoms with Crippen LogP contribution in [0.5, 0.6) is 0 Å². The first-order valence-electron chi connectivity index (χ1n) is 4.93. The summed E-state index contributed by atoms with van der Waals surface area (Å²) >= 11 is 0. The maximum Gasteiger partial charge on any atom is 0.189 e. The van der Waals surface area contributed by atoms with Crippen molar-refractivity contribution < 1.29 is 19.7 Å². The number of aliphatic hydroxyl groups excluding tert-OH is 1. The minimum Gasteiger partial charge on any atom is -0.366 e. The Hall–Kier alpha value is -0.710. The van der Waals surface area contributed by atoms with Gasteiger partial charge in [0.2, 0.25) is 0 Å². The summed E-state index contributed by atoms with van der Waals surface area (Å²) in [6.45, 7) is 10.6. The minimum atomic E-state index is -1.08. The molecule has 0 aliphatic heterocycles. The van der Waals surface area contributed by atoms with E-state index in [4.69, 9.17) is 9.78 Å². The highest BCUT2D eigenvalue weighted by atomic mass is 17.2. The number of aliphatic hydroxyl groups is 1. The van der Waals surface area contributed by atoms with E-state index in [-0.39, 0.29) is 18.6 Å². The average Bonchev–Trinajstić information content (AvgIpc) is 2.11. The fourth-order valence-corrected chi connectivity index (χ4v) is 0.622. The Bertz CT molecular complexity index is 233. The largest absolute Gasteiger partial charge is 0.366 e. The summed E-state index contributed by atoms with van der Waals surface area (Å²) in [6, 6.07) is 0. The van der Waals surface area contributed by atoms with E-state index in [2.05, 4.69) is 6.58 Å². The lowest BCUT2D eigenvalue weighted by Crippen LogP contribution is -2.28. The molecule has 0 radical (unpaired) electrons. The molecule has 0 aromatic heterocycles. The first-order valence-corrected chi connectivity index (χ1v) is 4.93. The van der Waals surface area contributed by atoms with Gasteiger partial charge < -0.3 is 9.90 Å². The summed E-state index contributed by atoms with van der Waals surface area (Å²) < 4.78 is 0. The molecule has 0 heterocycles. The second-order valence-corrected chi connectivity index (χ2v) is 4.17. The summed E-state index contributed by atoms with van der Waals surface area (Å²) in [4.78, 5) is 20.4. The normalized spacial score (nSPS) is 13.7. The number of rotatable bonds is 7. The van der Waals surface area contributed by atoms with Gasteiger partial charge in [-0.2, -0.15) is 0 Å². The van der Waals surface area contributed by atoms with Crippen LogP contribution in [0.1, 0.15) is 40.5 Å². The zero-order valence-electron chi connectivity index (χ0n) is 9.87. The molecular formula is C11H20O4. The maximum absolute atomic E-state index is 10.6. The van der Waals surface area contributed by atoms with Crippen molar-refractivity contribution in [3.63, 3.8) is 0 Å². The molecule has 15 heavy (non-hydrogen) atoms. The van der Waals surface area contributed by atoms with Crippen molar-refractivity contribution >= 4 is 5.78 Å². The fraction of sp³-hybridized carbons (Fsp3) is 0.727. The summed E-state index contributed by atoms with van der Waals surface area (Å²) in [7, 11) is 0. The molecule has 0 aliphatic carbocycles. The first-order chi connectivity index (χ1) is 6.75. The summed E-state index contributed by atoms with van der Waals surface area (Å²) in [5.74, 6) is 0.0109. The quantitative estimate of drug-likeness (QED) is 0.306. The third kappa shape index (κ3) is 6.38. The third-order valence-corrected chi connectivity index (χ3v) is 2.14. The summed E-state index contributed by atoms with van der Waals surface area (Å²) in [5.41, 5.74) is 0.151. The van der Waals surface area contributed by atoms with Gasteiger partial charge in [-0.25, -0.2) is 9.78 Å². The molecule has 0 bridgehead atoms. The average molecular weight is 216 g/mol. The van der Waals surface area contributed by atoms with E-state index in [9.17, 15) is 9.90 Å². The first kappa shape index (κ1) is 14.3. The topological polar surface area (TPSA) is 55.8 Å². The van der Waals surface area contributed by atoms with E-state index in [0.717, 1.165) is 5.57 Å². The van der Waals surface area contributed by atoms with Gasteiger partial charge in [-0.3, -0.25) is 0 Å². The van der Waals surface area contributed by atoms with Crippen LogP contribution in [0.15, 0.2) is 12.2 Å². The highest BCUT2D eigenvalue weighted by Crippen LogP contribution is 2.19. The van der Waals surface area contributed by atoms with Gasteiger partial charge in [-0.1, -0.05) is 6.58 Å². The van der Waals surface area contributed by atoms with Gasteiger partial charge in [0.05, 0.1) is 0 Å². The Morgan fingerprint density at radius 1 is 1.47 bits per heavy atom. The molecule has 0 spiro atoms. The van der Waals surface area contributed by atoms with Gasteiger partial charge in [0.1, 0.15) is 11.4 Å². The zero-order chi connectivity index (χ0) is 12.1. The number of carbonyl (C=O) groups excluding carboxylic acids is 1. The van der Waals surface area contributed by atoms with E-state index in [1.807, 2.05) is 6.92 Å². The molecule has 4 heteroatoms. The lowest BCUT2D eigenvalue weighted by atomic mass is 10.0. The molecule has 1 atom stereocenters. The van der Waals surface area contributed by atoms with Crippen molar-refractivity contribution in [3.8, 4) is 0 Å². The van der Waals surface area contributed by atoms with Gasteiger partial charge in [0, 0.05) is 12.8 Å². The van der Waals surface area contributed by atoms with Crippen LogP contribution in [-0.2, 0) is 14.6 Å². The standard InChI is InChI=1S/C11H20O4/c1-8(2)11(4,5)15-14-10(13)7-6-9(3)12/h10,13H,1,6-7H2,2-5H3. The van der Waals surface area contributed by atoms with Crippen molar-refractivity contribution in [2.24, 2.45) is 0 Å². The van der Waals surface area contributed by atoms with E-state index >= 15 is 0 Å². The Balaban J connectivity index is 3.84. The Morgan fingerprint density at radius 2 is 2.00 bits per heavy atom. The van der Waals surface area contributed by atoms with Crippen molar-refractivity contribution in [1.82, 2.24) is 0 Å². The van der Waals surface area contributed by atoms with Crippen LogP contribution in [0.25, 0.3) is 0 Å². The van der Waals surface area contributed by atoms with Crippen LogP contribution in [0, 0.1) is 0 Å². The van der Waals surface area contributed by atoms with E-state index < -0.39 is 11.9 Å². The Labute approximate surface area is 90.8 Å². The SMILES string of the molecule is C=C(C)C(C)(C)OOC(O)CCC(C)=O. The van der Waals surface area contributed by atoms with Gasteiger partial charge in [0.25, 0.3) is 0 Å². The van der Waals surface area contributed by atoms with E-state index in [0.29, 0.717) is 0 Å². The number of carbonyl (C=O) groups is 1. The number of hydrogen-bond donors (Lipinski definition) is 1. The fourth-order valence-electron chi connectivity index (χ4n) is 0.622. The van der Waals surface area contributed by atoms with Crippen LogP contribution in [0.4, 0.5) is 0 Å². The van der Waals surface area contributed by atoms with E-state index in [1.165, 1.54) is 6.92 Å². The molecule has 0 saturated carbocycles. The zero-order valence-corrected chi connectivity index (χ0v) is 9.87. The second-order valence-electron chi connectivity index (χ2n) is 4.17. The molecule has 0 amide bonds. The summed E-state index contributed by atoms with van der Waals surface area (Å²) in [5, 5.41) is 9.31. The molecule has 0 aromatic carbocycles. The molecule has 1 N–H and O–H groups in total. The predicted octanol–water partition coefficient (Wildman–Crippen LogP) is 1.98.